The molecule has 0 spiro atoms. The Labute approximate surface area is 113 Å². The molecular formula is C14H20N2O3. The lowest BCUT2D eigenvalue weighted by Crippen LogP contribution is -2.45. The van der Waals surface area contributed by atoms with Crippen LogP contribution in [-0.2, 0) is 9.47 Å². The quantitative estimate of drug-likeness (QED) is 0.798. The van der Waals surface area contributed by atoms with Gasteiger partial charge in [-0.15, -0.1) is 0 Å². The van der Waals surface area contributed by atoms with E-state index in [2.05, 4.69) is 10.3 Å². The summed E-state index contributed by atoms with van der Waals surface area (Å²) in [4.78, 5) is 16.0. The molecule has 1 aromatic heterocycles. The molecule has 1 N–H and O–H groups in total. The van der Waals surface area contributed by atoms with Crippen molar-refractivity contribution in [2.75, 3.05) is 25.6 Å². The number of nitrogens with one attached hydrogen (secondary N) is 1. The lowest BCUT2D eigenvalue weighted by atomic mass is 9.80. The van der Waals surface area contributed by atoms with Crippen LogP contribution < -0.4 is 5.32 Å². The summed E-state index contributed by atoms with van der Waals surface area (Å²) >= 11 is 0. The molecule has 1 fully saturated rings. The van der Waals surface area contributed by atoms with Gasteiger partial charge in [-0.25, -0.2) is 9.78 Å². The van der Waals surface area contributed by atoms with E-state index in [0.29, 0.717) is 24.5 Å². The van der Waals surface area contributed by atoms with Crippen molar-refractivity contribution in [3.05, 3.63) is 23.9 Å². The number of aromatic nitrogens is 1. The number of methoxy groups -OCH3 is 1. The van der Waals surface area contributed by atoms with Crippen LogP contribution >= 0.6 is 0 Å². The Kier molecular flexibility index (Phi) is 4.37. The Hall–Kier alpha value is -1.62. The highest BCUT2D eigenvalue weighted by Gasteiger charge is 2.37. The lowest BCUT2D eigenvalue weighted by molar-refractivity contribution is -0.0601. The summed E-state index contributed by atoms with van der Waals surface area (Å²) in [5, 5.41) is 3.21. The van der Waals surface area contributed by atoms with Gasteiger partial charge < -0.3 is 14.8 Å². The van der Waals surface area contributed by atoms with Gasteiger partial charge in [-0.1, -0.05) is 0 Å². The number of anilines is 1. The predicted molar refractivity (Wildman–Crippen MR) is 72.3 cm³/mol. The van der Waals surface area contributed by atoms with Crippen molar-refractivity contribution in [2.24, 2.45) is 0 Å². The number of carbonyl (C=O) groups excluding carboxylic acids is 1. The first-order valence-corrected chi connectivity index (χ1v) is 6.62. The zero-order valence-corrected chi connectivity index (χ0v) is 11.4. The molecule has 0 saturated heterocycles. The van der Waals surface area contributed by atoms with E-state index >= 15 is 0 Å². The van der Waals surface area contributed by atoms with Gasteiger partial charge in [0.25, 0.3) is 0 Å². The Morgan fingerprint density at radius 1 is 1.53 bits per heavy atom. The Morgan fingerprint density at radius 2 is 2.32 bits per heavy atom. The van der Waals surface area contributed by atoms with Crippen molar-refractivity contribution >= 4 is 11.8 Å². The maximum atomic E-state index is 11.8. The van der Waals surface area contributed by atoms with Crippen molar-refractivity contribution in [2.45, 2.75) is 31.8 Å². The second kappa shape index (κ2) is 6.02. The van der Waals surface area contributed by atoms with Crippen molar-refractivity contribution < 1.29 is 14.3 Å². The van der Waals surface area contributed by atoms with E-state index < -0.39 is 0 Å². The number of hydrogen-bond acceptors (Lipinski definition) is 5. The molecule has 1 saturated carbocycles. The van der Waals surface area contributed by atoms with Gasteiger partial charge in [-0.05, 0) is 38.3 Å². The third kappa shape index (κ3) is 3.04. The summed E-state index contributed by atoms with van der Waals surface area (Å²) in [5.74, 6) is 0.211. The van der Waals surface area contributed by atoms with E-state index in [-0.39, 0.29) is 11.6 Å². The summed E-state index contributed by atoms with van der Waals surface area (Å²) in [6.07, 6.45) is 4.92. The molecule has 1 aliphatic carbocycles. The van der Waals surface area contributed by atoms with Gasteiger partial charge >= 0.3 is 5.97 Å². The lowest BCUT2D eigenvalue weighted by Gasteiger charge is -2.40. The fraction of sp³-hybridized carbons (Fsp3) is 0.571. The number of rotatable bonds is 6. The number of carbonyl (C=O) groups is 1. The molecule has 5 nitrogen and oxygen atoms in total. The van der Waals surface area contributed by atoms with Crippen molar-refractivity contribution in [1.82, 2.24) is 4.98 Å². The first-order chi connectivity index (χ1) is 9.21. The molecule has 2 rings (SSSR count). The van der Waals surface area contributed by atoms with E-state index in [1.54, 1.807) is 32.4 Å². The number of ether oxygens (including phenoxy) is 2. The maximum Gasteiger partial charge on any atom is 0.341 e. The number of pyridine rings is 1. The Bertz CT molecular complexity index is 439. The van der Waals surface area contributed by atoms with Crippen LogP contribution in [0.2, 0.25) is 0 Å². The van der Waals surface area contributed by atoms with Gasteiger partial charge in [0.05, 0.1) is 12.2 Å². The molecule has 1 aliphatic rings. The molecule has 19 heavy (non-hydrogen) atoms. The van der Waals surface area contributed by atoms with Crippen LogP contribution in [0.5, 0.6) is 0 Å². The largest absolute Gasteiger partial charge is 0.462 e. The normalized spacial score (nSPS) is 16.5. The minimum absolute atomic E-state index is 0.108. The summed E-state index contributed by atoms with van der Waals surface area (Å²) in [7, 11) is 1.73. The zero-order chi connectivity index (χ0) is 13.7. The van der Waals surface area contributed by atoms with Crippen molar-refractivity contribution in [3.63, 3.8) is 0 Å². The van der Waals surface area contributed by atoms with Crippen LogP contribution in [0.4, 0.5) is 5.82 Å². The minimum Gasteiger partial charge on any atom is -0.462 e. The molecule has 0 unspecified atom stereocenters. The number of esters is 1. The highest BCUT2D eigenvalue weighted by molar-refractivity contribution is 5.94. The first kappa shape index (κ1) is 13.8. The van der Waals surface area contributed by atoms with Crippen LogP contribution in [0, 0.1) is 0 Å². The fourth-order valence-electron chi connectivity index (χ4n) is 2.19. The van der Waals surface area contributed by atoms with Crippen LogP contribution in [-0.4, -0.2) is 36.8 Å². The summed E-state index contributed by atoms with van der Waals surface area (Å²) in [6.45, 7) is 2.80. The Morgan fingerprint density at radius 3 is 2.89 bits per heavy atom. The smallest absolute Gasteiger partial charge is 0.341 e. The third-order valence-electron chi connectivity index (χ3n) is 3.58. The zero-order valence-electron chi connectivity index (χ0n) is 11.4. The van der Waals surface area contributed by atoms with E-state index in [1.807, 2.05) is 0 Å². The van der Waals surface area contributed by atoms with Crippen molar-refractivity contribution in [3.8, 4) is 0 Å². The Balaban J connectivity index is 2.05. The molecule has 0 bridgehead atoms. The van der Waals surface area contributed by atoms with Crippen LogP contribution in [0.3, 0.4) is 0 Å². The van der Waals surface area contributed by atoms with Gasteiger partial charge in [-0.2, -0.15) is 0 Å². The second-order valence-corrected chi connectivity index (χ2v) is 4.71. The molecule has 104 valence electrons. The molecule has 1 heterocycles. The van der Waals surface area contributed by atoms with Crippen LogP contribution in [0.15, 0.2) is 18.3 Å². The molecule has 0 atom stereocenters. The maximum absolute atomic E-state index is 11.8. The van der Waals surface area contributed by atoms with Gasteiger partial charge in [0, 0.05) is 19.9 Å². The average Bonchev–Trinajstić information content (AvgIpc) is 2.39. The average molecular weight is 264 g/mol. The molecule has 0 aliphatic heterocycles. The highest BCUT2D eigenvalue weighted by atomic mass is 16.5. The molecular weight excluding hydrogens is 244 g/mol. The van der Waals surface area contributed by atoms with Gasteiger partial charge in [0.15, 0.2) is 0 Å². The van der Waals surface area contributed by atoms with E-state index in [4.69, 9.17) is 9.47 Å². The summed E-state index contributed by atoms with van der Waals surface area (Å²) in [5.41, 5.74) is 0.360. The van der Waals surface area contributed by atoms with Crippen LogP contribution in [0.25, 0.3) is 0 Å². The fourth-order valence-corrected chi connectivity index (χ4v) is 2.19. The predicted octanol–water partition coefficient (Wildman–Crippen LogP) is 2.24. The van der Waals surface area contributed by atoms with Gasteiger partial charge in [0.1, 0.15) is 11.4 Å². The van der Waals surface area contributed by atoms with E-state index in [0.717, 1.165) is 12.8 Å². The van der Waals surface area contributed by atoms with E-state index in [1.165, 1.54) is 6.42 Å². The number of nitrogens with zero attached hydrogens (tertiary/aromatic N) is 1. The summed E-state index contributed by atoms with van der Waals surface area (Å²) in [6, 6.07) is 3.44. The SMILES string of the molecule is CCOC(=O)c1cccnc1NCC1(OC)CCC1. The van der Waals surface area contributed by atoms with Crippen LogP contribution in [0.1, 0.15) is 36.5 Å². The molecule has 1 aromatic rings. The standard InChI is InChI=1S/C14H20N2O3/c1-3-19-13(17)11-6-4-9-15-12(11)16-10-14(18-2)7-5-8-14/h4,6,9H,3,5,7-8,10H2,1-2H3,(H,15,16). The monoisotopic (exact) mass is 264 g/mol. The van der Waals surface area contributed by atoms with E-state index in [9.17, 15) is 4.79 Å². The highest BCUT2D eigenvalue weighted by Crippen LogP contribution is 2.35. The molecule has 0 amide bonds. The molecule has 0 aromatic carbocycles. The molecule has 5 heteroatoms. The second-order valence-electron chi connectivity index (χ2n) is 4.71. The van der Waals surface area contributed by atoms with Gasteiger partial charge in [-0.3, -0.25) is 0 Å². The minimum atomic E-state index is -0.349. The number of hydrogen-bond donors (Lipinski definition) is 1. The van der Waals surface area contributed by atoms with Crippen molar-refractivity contribution in [1.29, 1.82) is 0 Å². The topological polar surface area (TPSA) is 60.5 Å². The van der Waals surface area contributed by atoms with Gasteiger partial charge in [0.2, 0.25) is 0 Å². The first-order valence-electron chi connectivity index (χ1n) is 6.62. The summed E-state index contributed by atoms with van der Waals surface area (Å²) < 4.78 is 10.6. The third-order valence-corrected chi connectivity index (χ3v) is 3.58. The molecule has 0 radical (unpaired) electrons.